The largest absolute Gasteiger partial charge is 0.395 e. The fourth-order valence-electron chi connectivity index (χ4n) is 1.02. The Balaban J connectivity index is 2.56. The van der Waals surface area contributed by atoms with Crippen LogP contribution in [0.15, 0.2) is 36.4 Å². The average molecular weight is 193 g/mol. The maximum Gasteiger partial charge on any atom is 0.0897 e. The van der Waals surface area contributed by atoms with E-state index in [1.165, 1.54) is 0 Å². The van der Waals surface area contributed by atoms with E-state index in [1.54, 1.807) is 12.2 Å². The monoisotopic (exact) mass is 193 g/mol. The van der Waals surface area contributed by atoms with Crippen molar-refractivity contribution in [1.29, 1.82) is 0 Å². The molecule has 0 saturated heterocycles. The molecule has 0 bridgehead atoms. The first-order valence-corrected chi connectivity index (χ1v) is 4.52. The Morgan fingerprint density at radius 1 is 1.29 bits per heavy atom. The highest BCUT2D eigenvalue weighted by Crippen LogP contribution is 2.03. The Bertz CT molecular complexity index is 285. The highest BCUT2D eigenvalue weighted by molar-refractivity contribution is 5.49. The first-order chi connectivity index (χ1) is 6.74. The van der Waals surface area contributed by atoms with Crippen LogP contribution in [0, 0.1) is 0 Å². The van der Waals surface area contributed by atoms with Crippen LogP contribution < -0.4 is 5.73 Å². The molecule has 0 fully saturated rings. The number of nitrogens with two attached hydrogens (primary N) is 1. The van der Waals surface area contributed by atoms with E-state index in [9.17, 15) is 5.11 Å². The summed E-state index contributed by atoms with van der Waals surface area (Å²) in [6.07, 6.45) is 2.55. The van der Waals surface area contributed by atoms with Gasteiger partial charge in [0, 0.05) is 0 Å². The fourth-order valence-corrected chi connectivity index (χ4v) is 1.02. The number of hydrogen-bond acceptors (Lipinski definition) is 3. The van der Waals surface area contributed by atoms with Gasteiger partial charge in [-0.1, -0.05) is 42.5 Å². The van der Waals surface area contributed by atoms with E-state index >= 15 is 0 Å². The molecule has 4 N–H and O–H groups in total. The van der Waals surface area contributed by atoms with Crippen LogP contribution in [0.1, 0.15) is 5.56 Å². The molecule has 0 spiro atoms. The summed E-state index contributed by atoms with van der Waals surface area (Å²) in [6, 6.07) is 8.99. The maximum atomic E-state index is 9.41. The van der Waals surface area contributed by atoms with Crippen molar-refractivity contribution in [3.63, 3.8) is 0 Å². The second-order valence-corrected chi connectivity index (χ2v) is 3.11. The minimum atomic E-state index is -0.805. The van der Waals surface area contributed by atoms with Crippen molar-refractivity contribution < 1.29 is 10.2 Å². The topological polar surface area (TPSA) is 66.5 Å². The second kappa shape index (κ2) is 5.54. The number of aliphatic hydroxyl groups excluding tert-OH is 2. The zero-order valence-electron chi connectivity index (χ0n) is 7.88. The van der Waals surface area contributed by atoms with Gasteiger partial charge in [-0.05, 0) is 5.56 Å². The van der Waals surface area contributed by atoms with Gasteiger partial charge in [0.25, 0.3) is 0 Å². The summed E-state index contributed by atoms with van der Waals surface area (Å²) in [7, 11) is 0. The lowest BCUT2D eigenvalue weighted by Gasteiger charge is -2.11. The molecule has 0 aliphatic rings. The highest BCUT2D eigenvalue weighted by atomic mass is 16.3. The lowest BCUT2D eigenvalue weighted by atomic mass is 10.1. The normalized spacial score (nSPS) is 15.6. The van der Waals surface area contributed by atoms with Gasteiger partial charge in [-0.15, -0.1) is 0 Å². The molecule has 3 nitrogen and oxygen atoms in total. The number of rotatable bonds is 4. The van der Waals surface area contributed by atoms with Crippen molar-refractivity contribution in [3.05, 3.63) is 42.0 Å². The van der Waals surface area contributed by atoms with Crippen molar-refractivity contribution >= 4 is 6.08 Å². The Labute approximate surface area is 83.5 Å². The van der Waals surface area contributed by atoms with Crippen LogP contribution in [0.5, 0.6) is 0 Å². The van der Waals surface area contributed by atoms with Crippen LogP contribution in [0.3, 0.4) is 0 Å². The molecular weight excluding hydrogens is 178 g/mol. The van der Waals surface area contributed by atoms with Crippen molar-refractivity contribution in [1.82, 2.24) is 0 Å². The molecule has 0 saturated carbocycles. The van der Waals surface area contributed by atoms with E-state index < -0.39 is 12.1 Å². The molecule has 0 unspecified atom stereocenters. The van der Waals surface area contributed by atoms with Crippen LogP contribution in [-0.4, -0.2) is 29.0 Å². The van der Waals surface area contributed by atoms with E-state index in [0.717, 1.165) is 5.56 Å². The van der Waals surface area contributed by atoms with Gasteiger partial charge in [-0.2, -0.15) is 0 Å². The van der Waals surface area contributed by atoms with Crippen LogP contribution >= 0.6 is 0 Å². The van der Waals surface area contributed by atoms with Gasteiger partial charge in [0.2, 0.25) is 0 Å². The molecule has 0 aromatic heterocycles. The molecule has 1 rings (SSSR count). The molecule has 2 atom stereocenters. The third-order valence-electron chi connectivity index (χ3n) is 1.93. The van der Waals surface area contributed by atoms with Gasteiger partial charge in [0.15, 0.2) is 0 Å². The molecule has 76 valence electrons. The summed E-state index contributed by atoms with van der Waals surface area (Å²) in [5.41, 5.74) is 6.43. The third-order valence-corrected chi connectivity index (χ3v) is 1.93. The molecule has 14 heavy (non-hydrogen) atoms. The van der Waals surface area contributed by atoms with Gasteiger partial charge >= 0.3 is 0 Å². The minimum absolute atomic E-state index is 0.222. The molecule has 0 aliphatic carbocycles. The average Bonchev–Trinajstić information content (AvgIpc) is 2.26. The number of aliphatic hydroxyl groups is 2. The molecule has 3 heteroatoms. The van der Waals surface area contributed by atoms with Crippen LogP contribution in [0.4, 0.5) is 0 Å². The first kappa shape index (κ1) is 10.9. The van der Waals surface area contributed by atoms with Gasteiger partial charge in [0.05, 0.1) is 18.8 Å². The lowest BCUT2D eigenvalue weighted by molar-refractivity contribution is 0.145. The predicted molar refractivity (Wildman–Crippen MR) is 56.5 cm³/mol. The SMILES string of the molecule is N[C@@H](CO)[C@H](O)/C=C/c1ccccc1. The zero-order chi connectivity index (χ0) is 10.4. The number of hydrogen-bond donors (Lipinski definition) is 3. The molecule has 1 aromatic rings. The summed E-state index contributed by atoms with van der Waals surface area (Å²) in [5.74, 6) is 0. The standard InChI is InChI=1S/C11H15NO2/c12-10(8-13)11(14)7-6-9-4-2-1-3-5-9/h1-7,10-11,13-14H,8,12H2/b7-6+/t10-,11+/m0/s1. The minimum Gasteiger partial charge on any atom is -0.395 e. The highest BCUT2D eigenvalue weighted by Gasteiger charge is 2.08. The summed E-state index contributed by atoms with van der Waals surface area (Å²) < 4.78 is 0. The van der Waals surface area contributed by atoms with Gasteiger partial charge in [-0.25, -0.2) is 0 Å². The van der Waals surface area contributed by atoms with E-state index in [1.807, 2.05) is 30.3 Å². The van der Waals surface area contributed by atoms with Gasteiger partial charge < -0.3 is 15.9 Å². The fraction of sp³-hybridized carbons (Fsp3) is 0.273. The summed E-state index contributed by atoms with van der Waals surface area (Å²) >= 11 is 0. The van der Waals surface area contributed by atoms with E-state index in [-0.39, 0.29) is 6.61 Å². The van der Waals surface area contributed by atoms with E-state index in [4.69, 9.17) is 10.8 Å². The Kier molecular flexibility index (Phi) is 4.32. The van der Waals surface area contributed by atoms with Crippen molar-refractivity contribution in [2.24, 2.45) is 5.73 Å². The van der Waals surface area contributed by atoms with Gasteiger partial charge in [0.1, 0.15) is 0 Å². The zero-order valence-corrected chi connectivity index (χ0v) is 7.88. The van der Waals surface area contributed by atoms with Crippen LogP contribution in [-0.2, 0) is 0 Å². The summed E-state index contributed by atoms with van der Waals surface area (Å²) in [6.45, 7) is -0.222. The van der Waals surface area contributed by atoms with Crippen molar-refractivity contribution in [3.8, 4) is 0 Å². The number of benzene rings is 1. The Hall–Kier alpha value is -1.16. The van der Waals surface area contributed by atoms with E-state index in [0.29, 0.717) is 0 Å². The lowest BCUT2D eigenvalue weighted by Crippen LogP contribution is -2.36. The Morgan fingerprint density at radius 2 is 1.93 bits per heavy atom. The molecule has 0 aliphatic heterocycles. The molecule has 1 aromatic carbocycles. The second-order valence-electron chi connectivity index (χ2n) is 3.11. The maximum absolute atomic E-state index is 9.41. The van der Waals surface area contributed by atoms with Gasteiger partial charge in [-0.3, -0.25) is 0 Å². The van der Waals surface area contributed by atoms with Crippen molar-refractivity contribution in [2.75, 3.05) is 6.61 Å². The van der Waals surface area contributed by atoms with E-state index in [2.05, 4.69) is 0 Å². The first-order valence-electron chi connectivity index (χ1n) is 4.52. The third kappa shape index (κ3) is 3.30. The quantitative estimate of drug-likeness (QED) is 0.647. The smallest absolute Gasteiger partial charge is 0.0897 e. The van der Waals surface area contributed by atoms with Crippen LogP contribution in [0.2, 0.25) is 0 Å². The molecular formula is C11H15NO2. The van der Waals surface area contributed by atoms with Crippen LogP contribution in [0.25, 0.3) is 6.08 Å². The molecule has 0 amide bonds. The Morgan fingerprint density at radius 3 is 2.50 bits per heavy atom. The van der Waals surface area contributed by atoms with Crippen molar-refractivity contribution in [2.45, 2.75) is 12.1 Å². The molecule has 0 radical (unpaired) electrons. The summed E-state index contributed by atoms with van der Waals surface area (Å²) in [4.78, 5) is 0. The summed E-state index contributed by atoms with van der Waals surface area (Å²) in [5, 5.41) is 18.1. The predicted octanol–water partition coefficient (Wildman–Crippen LogP) is 0.380. The molecule has 0 heterocycles.